The van der Waals surface area contributed by atoms with E-state index >= 15 is 0 Å². The number of terminal acetylenes is 1. The summed E-state index contributed by atoms with van der Waals surface area (Å²) in [5.41, 5.74) is 0.331. The molecule has 3 nitrogen and oxygen atoms in total. The molecule has 4 rings (SSSR count). The molecule has 0 heterocycles. The summed E-state index contributed by atoms with van der Waals surface area (Å²) in [5, 5.41) is 15.2. The van der Waals surface area contributed by atoms with Crippen LogP contribution >= 0.6 is 0 Å². The van der Waals surface area contributed by atoms with Gasteiger partial charge in [0.1, 0.15) is 12.7 Å². The fourth-order valence-electron chi connectivity index (χ4n) is 7.14. The Morgan fingerprint density at radius 3 is 2.71 bits per heavy atom. The normalized spacial score (nSPS) is 52.1. The van der Waals surface area contributed by atoms with Crippen LogP contribution in [0.3, 0.4) is 0 Å². The van der Waals surface area contributed by atoms with Gasteiger partial charge in [0.05, 0.1) is 5.71 Å². The van der Waals surface area contributed by atoms with Crippen LogP contribution in [0.25, 0.3) is 0 Å². The average Bonchev–Trinajstić information content (AvgIpc) is 2.87. The van der Waals surface area contributed by atoms with Crippen LogP contribution in [0.1, 0.15) is 64.7 Å². The van der Waals surface area contributed by atoms with Crippen molar-refractivity contribution < 1.29 is 9.94 Å². The lowest BCUT2D eigenvalue weighted by Crippen LogP contribution is -2.53. The molecule has 0 radical (unpaired) electrons. The number of hydrogen-bond donors (Lipinski definition) is 1. The Kier molecular flexibility index (Phi) is 3.95. The van der Waals surface area contributed by atoms with Gasteiger partial charge in [-0.15, -0.1) is 6.42 Å². The Labute approximate surface area is 146 Å². The van der Waals surface area contributed by atoms with Crippen LogP contribution < -0.4 is 0 Å². The fourth-order valence-corrected chi connectivity index (χ4v) is 7.14. The van der Waals surface area contributed by atoms with Crippen molar-refractivity contribution in [2.24, 2.45) is 40.2 Å². The molecular weight excluding hydrogens is 298 g/mol. The molecule has 132 valence electrons. The van der Waals surface area contributed by atoms with Crippen LogP contribution in [-0.2, 0) is 4.84 Å². The van der Waals surface area contributed by atoms with Gasteiger partial charge < -0.3 is 9.94 Å². The molecule has 7 atom stereocenters. The first-order valence-electron chi connectivity index (χ1n) is 9.81. The van der Waals surface area contributed by atoms with Crippen LogP contribution in [0.2, 0.25) is 0 Å². The number of rotatable bonds is 1. The lowest BCUT2D eigenvalue weighted by Gasteiger charge is -2.56. The third-order valence-electron chi connectivity index (χ3n) is 8.39. The quantitative estimate of drug-likeness (QED) is 0.583. The van der Waals surface area contributed by atoms with Crippen LogP contribution in [0.5, 0.6) is 0 Å². The Hall–Kier alpha value is -1.01. The van der Waals surface area contributed by atoms with E-state index in [1.807, 2.05) is 0 Å². The van der Waals surface area contributed by atoms with Crippen molar-refractivity contribution in [3.05, 3.63) is 0 Å². The SMILES string of the molecule is C#C[C@@]1(O)CC[C@H]2[C@@H]3CC[C@@H]4C/C(=N/OC)CC[C@@H]4[C@H]3CC[C@@]21C. The van der Waals surface area contributed by atoms with E-state index in [4.69, 9.17) is 11.3 Å². The number of hydrogen-bond acceptors (Lipinski definition) is 3. The first kappa shape index (κ1) is 16.5. The summed E-state index contributed by atoms with van der Waals surface area (Å²) in [6, 6.07) is 0. The Morgan fingerprint density at radius 2 is 1.96 bits per heavy atom. The van der Waals surface area contributed by atoms with E-state index in [-0.39, 0.29) is 5.41 Å². The molecule has 0 aromatic heterocycles. The minimum Gasteiger partial charge on any atom is -0.399 e. The highest BCUT2D eigenvalue weighted by atomic mass is 16.6. The highest BCUT2D eigenvalue weighted by Crippen LogP contribution is 2.65. The third-order valence-corrected chi connectivity index (χ3v) is 8.39. The van der Waals surface area contributed by atoms with Gasteiger partial charge in [0.15, 0.2) is 0 Å². The molecule has 0 aliphatic heterocycles. The molecule has 24 heavy (non-hydrogen) atoms. The van der Waals surface area contributed by atoms with E-state index in [9.17, 15) is 5.11 Å². The van der Waals surface area contributed by atoms with Crippen LogP contribution in [0.4, 0.5) is 0 Å². The lowest BCUT2D eigenvalue weighted by molar-refractivity contribution is -0.101. The Morgan fingerprint density at radius 1 is 1.12 bits per heavy atom. The second-order valence-corrected chi connectivity index (χ2v) is 9.02. The molecule has 0 unspecified atom stereocenters. The topological polar surface area (TPSA) is 41.8 Å². The van der Waals surface area contributed by atoms with E-state index < -0.39 is 5.60 Å². The summed E-state index contributed by atoms with van der Waals surface area (Å²) in [5.74, 6) is 6.65. The van der Waals surface area contributed by atoms with Gasteiger partial charge >= 0.3 is 0 Å². The van der Waals surface area contributed by atoms with Crippen molar-refractivity contribution >= 4 is 5.71 Å². The van der Waals surface area contributed by atoms with Crippen LogP contribution in [0, 0.1) is 47.3 Å². The Bertz CT molecular complexity index is 579. The first-order valence-corrected chi connectivity index (χ1v) is 9.81. The number of oxime groups is 1. The molecule has 0 amide bonds. The summed E-state index contributed by atoms with van der Waals surface area (Å²) in [6.45, 7) is 2.27. The highest BCUT2D eigenvalue weighted by molar-refractivity contribution is 5.85. The van der Waals surface area contributed by atoms with Gasteiger partial charge in [-0.25, -0.2) is 0 Å². The largest absolute Gasteiger partial charge is 0.399 e. The third kappa shape index (κ3) is 2.18. The number of nitrogens with zero attached hydrogens (tertiary/aromatic N) is 1. The van der Waals surface area contributed by atoms with E-state index in [1.54, 1.807) is 7.11 Å². The zero-order valence-electron chi connectivity index (χ0n) is 15.1. The van der Waals surface area contributed by atoms with Crippen molar-refractivity contribution in [1.82, 2.24) is 0 Å². The van der Waals surface area contributed by atoms with Gasteiger partial charge in [0, 0.05) is 5.41 Å². The fraction of sp³-hybridized carbons (Fsp3) is 0.857. The maximum Gasteiger partial charge on any atom is 0.130 e. The average molecular weight is 329 g/mol. The van der Waals surface area contributed by atoms with Gasteiger partial charge in [0.25, 0.3) is 0 Å². The van der Waals surface area contributed by atoms with Crippen LogP contribution in [-0.4, -0.2) is 23.5 Å². The molecule has 0 spiro atoms. The van der Waals surface area contributed by atoms with Crippen molar-refractivity contribution in [3.8, 4) is 12.3 Å². The second-order valence-electron chi connectivity index (χ2n) is 9.02. The van der Waals surface area contributed by atoms with Crippen molar-refractivity contribution in [2.75, 3.05) is 7.11 Å². The summed E-state index contributed by atoms with van der Waals surface area (Å²) in [4.78, 5) is 5.01. The highest BCUT2D eigenvalue weighted by Gasteiger charge is 2.62. The summed E-state index contributed by atoms with van der Waals surface area (Å²) >= 11 is 0. The van der Waals surface area contributed by atoms with Crippen molar-refractivity contribution in [3.63, 3.8) is 0 Å². The maximum absolute atomic E-state index is 11.0. The molecule has 3 heteroatoms. The number of fused-ring (bicyclic) bond motifs is 5. The van der Waals surface area contributed by atoms with Gasteiger partial charge in [-0.2, -0.15) is 0 Å². The molecule has 0 saturated heterocycles. The zero-order chi connectivity index (χ0) is 16.9. The van der Waals surface area contributed by atoms with E-state index in [1.165, 1.54) is 31.4 Å². The van der Waals surface area contributed by atoms with Gasteiger partial charge in [0.2, 0.25) is 0 Å². The second kappa shape index (κ2) is 5.77. The molecule has 4 aliphatic carbocycles. The molecule has 4 saturated carbocycles. The summed E-state index contributed by atoms with van der Waals surface area (Å²) in [7, 11) is 1.66. The van der Waals surface area contributed by atoms with E-state index in [2.05, 4.69) is 18.0 Å². The van der Waals surface area contributed by atoms with E-state index in [0.29, 0.717) is 5.92 Å². The monoisotopic (exact) mass is 329 g/mol. The molecular formula is C21H31NO2. The van der Waals surface area contributed by atoms with Crippen molar-refractivity contribution in [1.29, 1.82) is 0 Å². The van der Waals surface area contributed by atoms with E-state index in [0.717, 1.165) is 55.8 Å². The molecule has 4 aliphatic rings. The number of aliphatic hydroxyl groups is 1. The predicted octanol–water partition coefficient (Wildman–Crippen LogP) is 4.01. The summed E-state index contributed by atoms with van der Waals surface area (Å²) in [6.07, 6.45) is 16.2. The predicted molar refractivity (Wildman–Crippen MR) is 95.3 cm³/mol. The van der Waals surface area contributed by atoms with Crippen LogP contribution in [0.15, 0.2) is 5.16 Å². The summed E-state index contributed by atoms with van der Waals surface area (Å²) < 4.78 is 0. The smallest absolute Gasteiger partial charge is 0.130 e. The standard InChI is InChI=1S/C21H31NO2/c1-4-21(23)12-10-19-18-7-5-14-13-15(22-24-3)6-8-16(14)17(18)9-11-20(19,21)2/h1,14,16-19,23H,5-13H2,2-3H3/b22-15+/t14-,16+,17-,18-,19+,20+,21-/m1/s1. The van der Waals surface area contributed by atoms with Crippen molar-refractivity contribution in [2.45, 2.75) is 70.3 Å². The molecule has 0 aromatic rings. The van der Waals surface area contributed by atoms with Gasteiger partial charge in [-0.1, -0.05) is 18.0 Å². The molecule has 1 N–H and O–H groups in total. The van der Waals surface area contributed by atoms with Gasteiger partial charge in [-0.3, -0.25) is 0 Å². The molecule has 4 fully saturated rings. The maximum atomic E-state index is 11.0. The van der Waals surface area contributed by atoms with Gasteiger partial charge in [-0.05, 0) is 87.4 Å². The minimum atomic E-state index is -0.871. The lowest BCUT2D eigenvalue weighted by atomic mass is 9.49. The molecule has 0 bridgehead atoms. The zero-order valence-corrected chi connectivity index (χ0v) is 15.1. The first-order chi connectivity index (χ1) is 11.5. The minimum absolute atomic E-state index is 0.0624. The molecule has 0 aromatic carbocycles. The Balaban J connectivity index is 1.55.